The summed E-state index contributed by atoms with van der Waals surface area (Å²) in [5, 5.41) is 3.79. The number of cyclic esters (lactones) is 1. The van der Waals surface area contributed by atoms with Crippen molar-refractivity contribution in [3.63, 3.8) is 0 Å². The van der Waals surface area contributed by atoms with E-state index in [0.29, 0.717) is 13.1 Å². The molecule has 1 fully saturated rings. The Morgan fingerprint density at radius 3 is 3.08 bits per heavy atom. The van der Waals surface area contributed by atoms with Gasteiger partial charge < -0.3 is 10.1 Å². The molecular weight excluding hydrogens is 350 g/mol. The third-order valence-corrected chi connectivity index (χ3v) is 5.79. The summed E-state index contributed by atoms with van der Waals surface area (Å²) in [7, 11) is 0. The fourth-order valence-corrected chi connectivity index (χ4v) is 4.56. The minimum absolute atomic E-state index is 0.126. The lowest BCUT2D eigenvalue weighted by Crippen LogP contribution is -2.33. The van der Waals surface area contributed by atoms with Crippen molar-refractivity contribution in [3.05, 3.63) is 33.6 Å². The molecule has 2 heterocycles. The fraction of sp³-hybridized carbons (Fsp3) is 0.421. The molecule has 0 radical (unpaired) electrons. The van der Waals surface area contributed by atoms with Gasteiger partial charge in [0.05, 0.1) is 23.8 Å². The van der Waals surface area contributed by atoms with Crippen LogP contribution in [0.5, 0.6) is 0 Å². The molecule has 1 aliphatic carbocycles. The Morgan fingerprint density at radius 2 is 2.27 bits per heavy atom. The summed E-state index contributed by atoms with van der Waals surface area (Å²) in [4.78, 5) is 31.0. The van der Waals surface area contributed by atoms with Crippen LogP contribution in [-0.4, -0.2) is 36.2 Å². The molecule has 6 nitrogen and oxygen atoms in total. The van der Waals surface area contributed by atoms with Gasteiger partial charge in [-0.1, -0.05) is 6.07 Å². The summed E-state index contributed by atoms with van der Waals surface area (Å²) in [6.07, 6.45) is 2.43. The lowest BCUT2D eigenvalue weighted by Gasteiger charge is -2.16. The summed E-state index contributed by atoms with van der Waals surface area (Å²) in [5.41, 5.74) is 4.34. The normalized spacial score (nSPS) is 18.8. The second-order valence-electron chi connectivity index (χ2n) is 6.75. The van der Waals surface area contributed by atoms with E-state index >= 15 is 0 Å². The first-order chi connectivity index (χ1) is 12.5. The number of aryl methyl sites for hydroxylation is 3. The Hall–Kier alpha value is -2.41. The molecule has 1 N–H and O–H groups in total. The molecule has 0 saturated carbocycles. The molecule has 26 heavy (non-hydrogen) atoms. The molecule has 1 saturated heterocycles. The van der Waals surface area contributed by atoms with E-state index in [4.69, 9.17) is 9.72 Å². The number of carbonyl (C=O) groups is 2. The highest BCUT2D eigenvalue weighted by Crippen LogP contribution is 2.37. The van der Waals surface area contributed by atoms with Gasteiger partial charge in [0.1, 0.15) is 6.10 Å². The molecule has 2 amide bonds. The number of hydrogen-bond acceptors (Lipinski definition) is 5. The minimum Gasteiger partial charge on any atom is -0.442 e. The first-order valence-corrected chi connectivity index (χ1v) is 9.65. The number of fused-ring (bicyclic) bond motifs is 3. The van der Waals surface area contributed by atoms with Gasteiger partial charge in [0.15, 0.2) is 0 Å². The lowest BCUT2D eigenvalue weighted by molar-refractivity contribution is -0.119. The average molecular weight is 371 g/mol. The molecule has 7 heteroatoms. The number of anilines is 1. The van der Waals surface area contributed by atoms with E-state index in [9.17, 15) is 9.59 Å². The van der Waals surface area contributed by atoms with Crippen molar-refractivity contribution in [2.45, 2.75) is 39.2 Å². The zero-order valence-corrected chi connectivity index (χ0v) is 15.7. The van der Waals surface area contributed by atoms with E-state index in [1.165, 1.54) is 22.9 Å². The molecule has 2 aliphatic rings. The molecule has 1 atom stereocenters. The van der Waals surface area contributed by atoms with Crippen LogP contribution in [0.2, 0.25) is 0 Å². The molecule has 1 aliphatic heterocycles. The van der Waals surface area contributed by atoms with Gasteiger partial charge in [0, 0.05) is 23.1 Å². The summed E-state index contributed by atoms with van der Waals surface area (Å²) in [5.74, 6) is -0.126. The number of nitrogens with one attached hydrogen (secondary N) is 1. The molecule has 0 spiro atoms. The van der Waals surface area contributed by atoms with E-state index in [2.05, 4.69) is 17.4 Å². The summed E-state index contributed by atoms with van der Waals surface area (Å²) in [6, 6.07) is 6.12. The number of carbonyl (C=O) groups excluding carboxylic acids is 2. The van der Waals surface area contributed by atoms with E-state index in [-0.39, 0.29) is 18.1 Å². The van der Waals surface area contributed by atoms with Crippen LogP contribution in [-0.2, 0) is 22.4 Å². The molecule has 1 unspecified atom stereocenters. The Kier molecular flexibility index (Phi) is 4.40. The first-order valence-electron chi connectivity index (χ1n) is 8.83. The standard InChI is InChI=1S/C19H21N3O3S/c1-11(23)20-9-15-10-22(19(24)25-15)14-6-7-16-13(8-14)4-3-5-17-18(16)21-12(2)26-17/h6-8,15H,3-5,9-10H2,1-2H3,(H,20,23). The van der Waals surface area contributed by atoms with Crippen molar-refractivity contribution in [3.8, 4) is 11.3 Å². The fourth-order valence-electron chi connectivity index (χ4n) is 3.57. The van der Waals surface area contributed by atoms with Crippen LogP contribution in [0.3, 0.4) is 0 Å². The van der Waals surface area contributed by atoms with Crippen LogP contribution < -0.4 is 10.2 Å². The van der Waals surface area contributed by atoms with Gasteiger partial charge in [-0.2, -0.15) is 0 Å². The topological polar surface area (TPSA) is 71.5 Å². The van der Waals surface area contributed by atoms with Crippen LogP contribution in [0.25, 0.3) is 11.3 Å². The Labute approximate surface area is 156 Å². The van der Waals surface area contributed by atoms with Crippen molar-refractivity contribution in [2.24, 2.45) is 0 Å². The Bertz CT molecular complexity index is 877. The second-order valence-corrected chi connectivity index (χ2v) is 8.04. The molecule has 136 valence electrons. The average Bonchev–Trinajstić information content (AvgIpc) is 3.11. The van der Waals surface area contributed by atoms with Gasteiger partial charge in [-0.15, -0.1) is 11.3 Å². The van der Waals surface area contributed by atoms with Gasteiger partial charge in [-0.25, -0.2) is 9.78 Å². The highest BCUT2D eigenvalue weighted by Gasteiger charge is 2.33. The van der Waals surface area contributed by atoms with Crippen molar-refractivity contribution < 1.29 is 14.3 Å². The number of amides is 2. The van der Waals surface area contributed by atoms with Crippen LogP contribution >= 0.6 is 11.3 Å². The highest BCUT2D eigenvalue weighted by molar-refractivity contribution is 7.12. The van der Waals surface area contributed by atoms with Crippen LogP contribution in [0.1, 0.15) is 28.8 Å². The molecule has 1 aromatic heterocycles. The molecular formula is C19H21N3O3S. The quantitative estimate of drug-likeness (QED) is 0.900. The van der Waals surface area contributed by atoms with Gasteiger partial charge in [-0.3, -0.25) is 9.69 Å². The van der Waals surface area contributed by atoms with Gasteiger partial charge in [-0.05, 0) is 43.9 Å². The maximum Gasteiger partial charge on any atom is 0.414 e. The second kappa shape index (κ2) is 6.72. The Morgan fingerprint density at radius 1 is 1.42 bits per heavy atom. The number of rotatable bonds is 3. The number of hydrogen-bond donors (Lipinski definition) is 1. The number of aromatic nitrogens is 1. The molecule has 2 aromatic rings. The smallest absolute Gasteiger partial charge is 0.414 e. The van der Waals surface area contributed by atoms with Gasteiger partial charge >= 0.3 is 6.09 Å². The van der Waals surface area contributed by atoms with E-state index in [1.54, 1.807) is 16.2 Å². The molecule has 1 aromatic carbocycles. The third kappa shape index (κ3) is 3.19. The maximum absolute atomic E-state index is 12.2. The van der Waals surface area contributed by atoms with E-state index < -0.39 is 0 Å². The number of ether oxygens (including phenoxy) is 1. The SMILES string of the molecule is CC(=O)NCC1CN(c2ccc3c(c2)CCCc2sc(C)nc2-3)C(=O)O1. The zero-order chi connectivity index (χ0) is 18.3. The van der Waals surface area contributed by atoms with Gasteiger partial charge in [0.25, 0.3) is 0 Å². The summed E-state index contributed by atoms with van der Waals surface area (Å²) in [6.45, 7) is 4.28. The number of nitrogens with zero attached hydrogens (tertiary/aromatic N) is 2. The molecule has 4 rings (SSSR count). The molecule has 0 bridgehead atoms. The maximum atomic E-state index is 12.2. The highest BCUT2D eigenvalue weighted by atomic mass is 32.1. The van der Waals surface area contributed by atoms with Crippen LogP contribution in [0, 0.1) is 6.92 Å². The van der Waals surface area contributed by atoms with Crippen molar-refractivity contribution in [1.29, 1.82) is 0 Å². The van der Waals surface area contributed by atoms with Crippen molar-refractivity contribution in [2.75, 3.05) is 18.0 Å². The van der Waals surface area contributed by atoms with E-state index in [1.807, 2.05) is 13.0 Å². The largest absolute Gasteiger partial charge is 0.442 e. The number of thiazole rings is 1. The summed E-state index contributed by atoms with van der Waals surface area (Å²) < 4.78 is 5.37. The van der Waals surface area contributed by atoms with Crippen LogP contribution in [0.15, 0.2) is 18.2 Å². The first kappa shape index (κ1) is 17.0. The third-order valence-electron chi connectivity index (χ3n) is 4.76. The predicted molar refractivity (Wildman–Crippen MR) is 101 cm³/mol. The van der Waals surface area contributed by atoms with Crippen molar-refractivity contribution in [1.82, 2.24) is 10.3 Å². The lowest BCUT2D eigenvalue weighted by atomic mass is 10.0. The summed E-state index contributed by atoms with van der Waals surface area (Å²) >= 11 is 1.77. The number of benzene rings is 1. The Balaban J connectivity index is 1.59. The minimum atomic E-state index is -0.362. The van der Waals surface area contributed by atoms with Gasteiger partial charge in [0.2, 0.25) is 5.91 Å². The van der Waals surface area contributed by atoms with Crippen molar-refractivity contribution >= 4 is 29.0 Å². The monoisotopic (exact) mass is 371 g/mol. The van der Waals surface area contributed by atoms with E-state index in [0.717, 1.165) is 35.7 Å². The predicted octanol–water partition coefficient (Wildman–Crippen LogP) is 3.07. The van der Waals surface area contributed by atoms with Crippen LogP contribution in [0.4, 0.5) is 10.5 Å². The zero-order valence-electron chi connectivity index (χ0n) is 14.9.